The summed E-state index contributed by atoms with van der Waals surface area (Å²) >= 11 is 0. The minimum absolute atomic E-state index is 0.0239. The van der Waals surface area contributed by atoms with Crippen LogP contribution in [0.3, 0.4) is 0 Å². The fraction of sp³-hybridized carbons (Fsp3) is 0.250. The highest BCUT2D eigenvalue weighted by Crippen LogP contribution is 2.15. The van der Waals surface area contributed by atoms with Gasteiger partial charge in [-0.15, -0.1) is 0 Å². The highest BCUT2D eigenvalue weighted by atomic mass is 16.6. The molecule has 1 aromatic rings. The number of rotatable bonds is 2. The molecule has 0 amide bonds. The second-order valence-electron chi connectivity index (χ2n) is 1.96. The summed E-state index contributed by atoms with van der Waals surface area (Å²) < 4.78 is 1.28. The van der Waals surface area contributed by atoms with Gasteiger partial charge in [0.05, 0.1) is 0 Å². The molecule has 0 N–H and O–H groups in total. The third-order valence-corrected chi connectivity index (χ3v) is 1.16. The lowest BCUT2D eigenvalue weighted by Gasteiger charge is -1.83. The number of hydrogen-bond donors (Lipinski definition) is 0. The summed E-state index contributed by atoms with van der Waals surface area (Å²) in [5, 5.41) is 13.3. The number of nitrogens with zero attached hydrogens (tertiary/aromatic N) is 6. The second kappa shape index (κ2) is 2.89. The molecular formula is C4H4N6O2. The lowest BCUT2D eigenvalue weighted by molar-refractivity contribution is -0.389. The number of azide groups is 1. The number of nitro groups is 1. The molecule has 0 spiro atoms. The van der Waals surface area contributed by atoms with Crippen molar-refractivity contribution < 1.29 is 4.92 Å². The van der Waals surface area contributed by atoms with Gasteiger partial charge in [-0.05, 0) is 15.4 Å². The Kier molecular flexibility index (Phi) is 1.93. The van der Waals surface area contributed by atoms with E-state index < -0.39 is 4.92 Å². The SMILES string of the molecule is Cn1cc([N+](=O)[O-])nc1N=[N+]=[N-]. The summed E-state index contributed by atoms with van der Waals surface area (Å²) in [5.74, 6) is -0.357. The van der Waals surface area contributed by atoms with E-state index >= 15 is 0 Å². The van der Waals surface area contributed by atoms with E-state index in [-0.39, 0.29) is 11.8 Å². The fourth-order valence-electron chi connectivity index (χ4n) is 0.662. The van der Waals surface area contributed by atoms with Gasteiger partial charge in [0.1, 0.15) is 6.20 Å². The van der Waals surface area contributed by atoms with Gasteiger partial charge in [0.25, 0.3) is 0 Å². The fourth-order valence-corrected chi connectivity index (χ4v) is 0.662. The van der Waals surface area contributed by atoms with Crippen molar-refractivity contribution in [2.24, 2.45) is 12.2 Å². The average molecular weight is 168 g/mol. The first-order valence-electron chi connectivity index (χ1n) is 2.88. The zero-order chi connectivity index (χ0) is 9.14. The lowest BCUT2D eigenvalue weighted by atomic mass is 10.8. The van der Waals surface area contributed by atoms with Crippen molar-refractivity contribution in [2.75, 3.05) is 0 Å². The highest BCUT2D eigenvalue weighted by molar-refractivity contribution is 5.28. The predicted octanol–water partition coefficient (Wildman–Crippen LogP) is 1.27. The molecule has 62 valence electrons. The lowest BCUT2D eigenvalue weighted by Crippen LogP contribution is -1.86. The van der Waals surface area contributed by atoms with E-state index in [4.69, 9.17) is 5.53 Å². The maximum atomic E-state index is 10.2. The molecule has 8 nitrogen and oxygen atoms in total. The van der Waals surface area contributed by atoms with Crippen molar-refractivity contribution in [3.8, 4) is 0 Å². The first-order chi connectivity index (χ1) is 5.65. The molecule has 0 radical (unpaired) electrons. The molecule has 1 heterocycles. The Morgan fingerprint density at radius 2 is 2.58 bits per heavy atom. The van der Waals surface area contributed by atoms with Gasteiger partial charge in [-0.3, -0.25) is 0 Å². The topological polar surface area (TPSA) is 110 Å². The van der Waals surface area contributed by atoms with E-state index in [2.05, 4.69) is 15.0 Å². The molecule has 0 aliphatic rings. The molecule has 8 heteroatoms. The molecule has 0 aromatic carbocycles. The van der Waals surface area contributed by atoms with Crippen LogP contribution in [-0.2, 0) is 7.05 Å². The van der Waals surface area contributed by atoms with E-state index in [1.54, 1.807) is 0 Å². The molecule has 1 rings (SSSR count). The van der Waals surface area contributed by atoms with Gasteiger partial charge in [0.2, 0.25) is 0 Å². The highest BCUT2D eigenvalue weighted by Gasteiger charge is 2.14. The summed E-state index contributed by atoms with van der Waals surface area (Å²) in [4.78, 5) is 15.4. The summed E-state index contributed by atoms with van der Waals surface area (Å²) in [6.45, 7) is 0. The summed E-state index contributed by atoms with van der Waals surface area (Å²) in [6.07, 6.45) is 1.17. The van der Waals surface area contributed by atoms with Crippen LogP contribution in [0.25, 0.3) is 10.4 Å². The van der Waals surface area contributed by atoms with Gasteiger partial charge in [-0.1, -0.05) is 0 Å². The summed E-state index contributed by atoms with van der Waals surface area (Å²) in [5.41, 5.74) is 8.03. The molecule has 0 saturated heterocycles. The molecular weight excluding hydrogens is 164 g/mol. The Balaban J connectivity index is 3.16. The zero-order valence-corrected chi connectivity index (χ0v) is 6.08. The minimum Gasteiger partial charge on any atom is -0.358 e. The standard InChI is InChI=1S/C4H4N6O2/c1-9-2-3(10(11)12)6-4(9)7-8-5/h2H,1H3. The average Bonchev–Trinajstić information content (AvgIpc) is 2.34. The van der Waals surface area contributed by atoms with Crippen LogP contribution in [0, 0.1) is 10.1 Å². The van der Waals surface area contributed by atoms with Crippen molar-refractivity contribution in [1.82, 2.24) is 9.55 Å². The Morgan fingerprint density at radius 3 is 3.00 bits per heavy atom. The van der Waals surface area contributed by atoms with Gasteiger partial charge >= 0.3 is 11.8 Å². The maximum absolute atomic E-state index is 10.2. The smallest absolute Gasteiger partial charge is 0.358 e. The monoisotopic (exact) mass is 168 g/mol. The molecule has 0 atom stereocenters. The zero-order valence-electron chi connectivity index (χ0n) is 6.08. The van der Waals surface area contributed by atoms with Crippen molar-refractivity contribution >= 4 is 11.8 Å². The Morgan fingerprint density at radius 1 is 1.92 bits per heavy atom. The van der Waals surface area contributed by atoms with Crippen LogP contribution in [0.2, 0.25) is 0 Å². The molecule has 0 saturated carbocycles. The van der Waals surface area contributed by atoms with Gasteiger partial charge in [-0.2, -0.15) is 0 Å². The van der Waals surface area contributed by atoms with E-state index in [0.29, 0.717) is 0 Å². The Hall–Kier alpha value is -2.08. The van der Waals surface area contributed by atoms with Crippen LogP contribution >= 0.6 is 0 Å². The summed E-state index contributed by atoms with van der Waals surface area (Å²) in [7, 11) is 1.50. The van der Waals surface area contributed by atoms with E-state index in [0.717, 1.165) is 0 Å². The maximum Gasteiger partial charge on any atom is 0.382 e. The predicted molar refractivity (Wildman–Crippen MR) is 38.7 cm³/mol. The third-order valence-electron chi connectivity index (χ3n) is 1.16. The molecule has 12 heavy (non-hydrogen) atoms. The normalized spacial score (nSPS) is 9.08. The largest absolute Gasteiger partial charge is 0.382 e. The van der Waals surface area contributed by atoms with Crippen LogP contribution in [0.4, 0.5) is 11.8 Å². The number of hydrogen-bond acceptors (Lipinski definition) is 4. The van der Waals surface area contributed by atoms with E-state index in [9.17, 15) is 10.1 Å². The first kappa shape index (κ1) is 8.02. The minimum atomic E-state index is -0.656. The molecule has 0 fully saturated rings. The van der Waals surface area contributed by atoms with Crippen molar-refractivity contribution in [1.29, 1.82) is 0 Å². The van der Waals surface area contributed by atoms with Gasteiger partial charge < -0.3 is 14.7 Å². The number of aryl methyl sites for hydroxylation is 1. The van der Waals surface area contributed by atoms with Crippen LogP contribution in [0.1, 0.15) is 0 Å². The Labute approximate surface area is 66.2 Å². The first-order valence-corrected chi connectivity index (χ1v) is 2.88. The number of imidazole rings is 1. The van der Waals surface area contributed by atoms with Crippen molar-refractivity contribution in [3.05, 3.63) is 26.8 Å². The van der Waals surface area contributed by atoms with Gasteiger partial charge in [-0.25, -0.2) is 0 Å². The molecule has 1 aromatic heterocycles. The van der Waals surface area contributed by atoms with Crippen LogP contribution in [0.15, 0.2) is 11.3 Å². The van der Waals surface area contributed by atoms with E-state index in [1.807, 2.05) is 0 Å². The van der Waals surface area contributed by atoms with Crippen LogP contribution in [0.5, 0.6) is 0 Å². The second-order valence-corrected chi connectivity index (χ2v) is 1.96. The quantitative estimate of drug-likeness (QED) is 0.218. The number of aromatic nitrogens is 2. The van der Waals surface area contributed by atoms with Gasteiger partial charge in [0, 0.05) is 17.1 Å². The third kappa shape index (κ3) is 1.32. The van der Waals surface area contributed by atoms with E-state index in [1.165, 1.54) is 17.8 Å². The summed E-state index contributed by atoms with van der Waals surface area (Å²) in [6, 6.07) is 0. The molecule has 0 unspecified atom stereocenters. The Bertz CT molecular complexity index is 362. The van der Waals surface area contributed by atoms with Crippen molar-refractivity contribution in [2.45, 2.75) is 0 Å². The molecule has 0 aliphatic carbocycles. The molecule has 0 aliphatic heterocycles. The van der Waals surface area contributed by atoms with Gasteiger partial charge in [0.15, 0.2) is 0 Å². The molecule has 0 bridgehead atoms. The van der Waals surface area contributed by atoms with Crippen molar-refractivity contribution in [3.63, 3.8) is 0 Å². The van der Waals surface area contributed by atoms with Crippen LogP contribution < -0.4 is 0 Å². The van der Waals surface area contributed by atoms with Crippen LogP contribution in [-0.4, -0.2) is 14.5 Å².